The topological polar surface area (TPSA) is 102 Å². The monoisotopic (exact) mass is 288 g/mol. The second-order valence-corrected chi connectivity index (χ2v) is 6.12. The van der Waals surface area contributed by atoms with Crippen LogP contribution in [0.25, 0.3) is 0 Å². The highest BCUT2D eigenvalue weighted by atomic mass is 32.2. The molecular formula is C12H20N2O4S. The zero-order valence-electron chi connectivity index (χ0n) is 11.1. The van der Waals surface area contributed by atoms with Gasteiger partial charge in [0.2, 0.25) is 10.0 Å². The van der Waals surface area contributed by atoms with Crippen molar-refractivity contribution in [2.45, 2.75) is 18.2 Å². The van der Waals surface area contributed by atoms with Crippen LogP contribution < -0.4 is 15.2 Å². The summed E-state index contributed by atoms with van der Waals surface area (Å²) >= 11 is 0. The number of anilines is 1. The summed E-state index contributed by atoms with van der Waals surface area (Å²) in [6.07, 6.45) is 0.543. The molecule has 0 saturated heterocycles. The summed E-state index contributed by atoms with van der Waals surface area (Å²) in [5.41, 5.74) is 6.02. The summed E-state index contributed by atoms with van der Waals surface area (Å²) in [6, 6.07) is 4.38. The van der Waals surface area contributed by atoms with Gasteiger partial charge in [-0.25, -0.2) is 13.1 Å². The summed E-state index contributed by atoms with van der Waals surface area (Å²) in [5.74, 6) is 0.266. The first-order chi connectivity index (χ1) is 8.90. The summed E-state index contributed by atoms with van der Waals surface area (Å²) < 4.78 is 31.8. The summed E-state index contributed by atoms with van der Waals surface area (Å²) in [4.78, 5) is 0.0559. The third kappa shape index (κ3) is 4.38. The minimum Gasteiger partial charge on any atom is -0.495 e. The van der Waals surface area contributed by atoms with Crippen LogP contribution >= 0.6 is 0 Å². The van der Waals surface area contributed by atoms with Crippen LogP contribution in [0, 0.1) is 5.92 Å². The van der Waals surface area contributed by atoms with Gasteiger partial charge in [0.25, 0.3) is 0 Å². The predicted octanol–water partition coefficient (Wildman–Crippen LogP) is 0.574. The van der Waals surface area contributed by atoms with E-state index in [9.17, 15) is 8.42 Å². The van der Waals surface area contributed by atoms with Crippen LogP contribution in [0.1, 0.15) is 13.3 Å². The van der Waals surface area contributed by atoms with E-state index in [0.29, 0.717) is 12.1 Å². The SMILES string of the molecule is COc1cc(N)ccc1S(=O)(=O)NCC(C)CCO. The summed E-state index contributed by atoms with van der Waals surface area (Å²) in [6.45, 7) is 2.16. The van der Waals surface area contributed by atoms with E-state index >= 15 is 0 Å². The fourth-order valence-corrected chi connectivity index (χ4v) is 2.87. The Hall–Kier alpha value is -1.31. The lowest BCUT2D eigenvalue weighted by molar-refractivity contribution is 0.263. The van der Waals surface area contributed by atoms with Crippen LogP contribution in [0.5, 0.6) is 5.75 Å². The molecule has 19 heavy (non-hydrogen) atoms. The van der Waals surface area contributed by atoms with Crippen molar-refractivity contribution >= 4 is 15.7 Å². The minimum absolute atomic E-state index is 0.0358. The number of hydrogen-bond donors (Lipinski definition) is 3. The smallest absolute Gasteiger partial charge is 0.244 e. The molecular weight excluding hydrogens is 268 g/mol. The molecule has 1 aromatic carbocycles. The number of ether oxygens (including phenoxy) is 1. The molecule has 0 aliphatic heterocycles. The van der Waals surface area contributed by atoms with Gasteiger partial charge in [0.15, 0.2) is 0 Å². The fourth-order valence-electron chi connectivity index (χ4n) is 1.56. The van der Waals surface area contributed by atoms with Crippen LogP contribution in [0.15, 0.2) is 23.1 Å². The third-order valence-corrected chi connectivity index (χ3v) is 4.18. The number of sulfonamides is 1. The van der Waals surface area contributed by atoms with Gasteiger partial charge in [-0.15, -0.1) is 0 Å². The van der Waals surface area contributed by atoms with Crippen molar-refractivity contribution in [3.63, 3.8) is 0 Å². The maximum absolute atomic E-state index is 12.1. The van der Waals surface area contributed by atoms with Crippen LogP contribution in [-0.2, 0) is 10.0 Å². The van der Waals surface area contributed by atoms with Gasteiger partial charge in [-0.1, -0.05) is 6.92 Å². The average molecular weight is 288 g/mol. The van der Waals surface area contributed by atoms with Gasteiger partial charge < -0.3 is 15.6 Å². The Bertz CT molecular complexity index is 516. The standard InChI is InChI=1S/C12H20N2O4S/c1-9(5-6-15)8-14-19(16,17)12-4-3-10(13)7-11(12)18-2/h3-4,7,9,14-15H,5-6,8,13H2,1-2H3. The molecule has 0 saturated carbocycles. The highest BCUT2D eigenvalue weighted by molar-refractivity contribution is 7.89. The molecule has 0 heterocycles. The highest BCUT2D eigenvalue weighted by Crippen LogP contribution is 2.25. The van der Waals surface area contributed by atoms with E-state index in [0.717, 1.165) is 0 Å². The molecule has 0 radical (unpaired) electrons. The number of rotatable bonds is 7. The van der Waals surface area contributed by atoms with Crippen molar-refractivity contribution in [1.82, 2.24) is 4.72 Å². The van der Waals surface area contributed by atoms with Crippen LogP contribution in [0.4, 0.5) is 5.69 Å². The second kappa shape index (κ2) is 6.74. The van der Waals surface area contributed by atoms with Crippen molar-refractivity contribution in [3.05, 3.63) is 18.2 Å². The molecule has 0 aromatic heterocycles. The number of aliphatic hydroxyl groups is 1. The van der Waals surface area contributed by atoms with Crippen molar-refractivity contribution in [2.24, 2.45) is 5.92 Å². The van der Waals surface area contributed by atoms with Gasteiger partial charge in [-0.3, -0.25) is 0 Å². The van der Waals surface area contributed by atoms with Gasteiger partial charge in [-0.05, 0) is 24.5 Å². The summed E-state index contributed by atoms with van der Waals surface area (Å²) in [5, 5.41) is 8.78. The first-order valence-corrected chi connectivity index (χ1v) is 7.43. The van der Waals surface area contributed by atoms with E-state index in [-0.39, 0.29) is 29.7 Å². The van der Waals surface area contributed by atoms with Crippen LogP contribution in [-0.4, -0.2) is 33.8 Å². The molecule has 0 fully saturated rings. The van der Waals surface area contributed by atoms with Crippen LogP contribution in [0.2, 0.25) is 0 Å². The van der Waals surface area contributed by atoms with E-state index in [1.54, 1.807) is 0 Å². The molecule has 1 aromatic rings. The molecule has 7 heteroatoms. The Balaban J connectivity index is 2.88. The number of benzene rings is 1. The largest absolute Gasteiger partial charge is 0.495 e. The zero-order chi connectivity index (χ0) is 14.5. The molecule has 0 bridgehead atoms. The van der Waals surface area contributed by atoms with Crippen molar-refractivity contribution in [1.29, 1.82) is 0 Å². The molecule has 1 unspecified atom stereocenters. The number of methoxy groups -OCH3 is 1. The Morgan fingerprint density at radius 2 is 2.16 bits per heavy atom. The number of nitrogens with one attached hydrogen (secondary N) is 1. The van der Waals surface area contributed by atoms with Crippen molar-refractivity contribution in [3.8, 4) is 5.75 Å². The molecule has 1 atom stereocenters. The van der Waals surface area contributed by atoms with Crippen molar-refractivity contribution in [2.75, 3.05) is 26.0 Å². The zero-order valence-corrected chi connectivity index (χ0v) is 11.9. The molecule has 0 amide bonds. The average Bonchev–Trinajstić information content (AvgIpc) is 2.36. The number of nitrogens with two attached hydrogens (primary N) is 1. The predicted molar refractivity (Wildman–Crippen MR) is 73.5 cm³/mol. The first-order valence-electron chi connectivity index (χ1n) is 5.94. The number of hydrogen-bond acceptors (Lipinski definition) is 5. The quantitative estimate of drug-likeness (QED) is 0.637. The Kier molecular flexibility index (Phi) is 5.59. The molecule has 1 rings (SSSR count). The Morgan fingerprint density at radius 1 is 1.47 bits per heavy atom. The van der Waals surface area contributed by atoms with Crippen molar-refractivity contribution < 1.29 is 18.3 Å². The van der Waals surface area contributed by atoms with E-state index < -0.39 is 10.0 Å². The second-order valence-electron chi connectivity index (χ2n) is 4.38. The minimum atomic E-state index is -3.65. The van der Waals surface area contributed by atoms with E-state index in [2.05, 4.69) is 4.72 Å². The third-order valence-electron chi connectivity index (χ3n) is 2.72. The normalized spacial score (nSPS) is 13.2. The molecule has 4 N–H and O–H groups in total. The van der Waals surface area contributed by atoms with Gasteiger partial charge >= 0.3 is 0 Å². The van der Waals surface area contributed by atoms with E-state index in [1.165, 1.54) is 25.3 Å². The molecule has 0 spiro atoms. The molecule has 6 nitrogen and oxygen atoms in total. The fraction of sp³-hybridized carbons (Fsp3) is 0.500. The van der Waals surface area contributed by atoms with E-state index in [4.69, 9.17) is 15.6 Å². The highest BCUT2D eigenvalue weighted by Gasteiger charge is 2.20. The molecule has 0 aliphatic carbocycles. The number of nitrogen functional groups attached to an aromatic ring is 1. The summed E-state index contributed by atoms with van der Waals surface area (Å²) in [7, 11) is -2.25. The lowest BCUT2D eigenvalue weighted by Crippen LogP contribution is -2.29. The van der Waals surface area contributed by atoms with Gasteiger partial charge in [0.1, 0.15) is 10.6 Å². The van der Waals surface area contributed by atoms with Gasteiger partial charge in [-0.2, -0.15) is 0 Å². The maximum Gasteiger partial charge on any atom is 0.244 e. The Labute approximate surface area is 113 Å². The maximum atomic E-state index is 12.1. The van der Waals surface area contributed by atoms with Gasteiger partial charge in [0, 0.05) is 24.9 Å². The molecule has 0 aliphatic rings. The Morgan fingerprint density at radius 3 is 2.74 bits per heavy atom. The van der Waals surface area contributed by atoms with E-state index in [1.807, 2.05) is 6.92 Å². The van der Waals surface area contributed by atoms with Gasteiger partial charge in [0.05, 0.1) is 7.11 Å². The number of aliphatic hydroxyl groups excluding tert-OH is 1. The first kappa shape index (κ1) is 15.7. The lowest BCUT2D eigenvalue weighted by atomic mass is 10.1. The molecule has 108 valence electrons. The lowest BCUT2D eigenvalue weighted by Gasteiger charge is -2.14. The van der Waals surface area contributed by atoms with Crippen LogP contribution in [0.3, 0.4) is 0 Å².